The molecule has 2 aliphatic rings. The van der Waals surface area contributed by atoms with E-state index in [4.69, 9.17) is 0 Å². The largest absolute Gasteiger partial charge is 0.505 e. The maximum Gasteiger partial charge on any atom is 0.175 e. The summed E-state index contributed by atoms with van der Waals surface area (Å²) in [5.41, 5.74) is 0.988. The lowest BCUT2D eigenvalue weighted by Gasteiger charge is -2.38. The van der Waals surface area contributed by atoms with Gasteiger partial charge < -0.3 is 5.11 Å². The summed E-state index contributed by atoms with van der Waals surface area (Å²) in [6.07, 6.45) is 14.4. The third kappa shape index (κ3) is 4.44. The van der Waals surface area contributed by atoms with Crippen LogP contribution in [-0.2, 0) is 0 Å². The summed E-state index contributed by atoms with van der Waals surface area (Å²) in [6, 6.07) is 6.34. The average molecular weight is 401 g/mol. The molecule has 3 heteroatoms. The molecule has 29 heavy (non-hydrogen) atoms. The van der Waals surface area contributed by atoms with Gasteiger partial charge in [-0.3, -0.25) is 0 Å². The van der Waals surface area contributed by atoms with Crippen LogP contribution in [-0.4, -0.2) is 5.11 Å². The zero-order valence-corrected chi connectivity index (χ0v) is 17.6. The molecule has 0 unspecified atom stereocenters. The first-order valence-corrected chi connectivity index (χ1v) is 11.7. The van der Waals surface area contributed by atoms with Gasteiger partial charge in [0.05, 0.1) is 5.39 Å². The number of hydrogen-bond acceptors (Lipinski definition) is 1. The Kier molecular flexibility index (Phi) is 6.41. The maximum atomic E-state index is 14.6. The Morgan fingerprint density at radius 2 is 1.55 bits per heavy atom. The number of hydrogen-bond donors (Lipinski definition) is 1. The van der Waals surface area contributed by atoms with E-state index in [0.29, 0.717) is 11.3 Å². The van der Waals surface area contributed by atoms with Crippen LogP contribution in [0, 0.1) is 29.4 Å². The number of phenolic OH excluding ortho intramolecular Hbond substituents is 1. The number of phenols is 1. The summed E-state index contributed by atoms with van der Waals surface area (Å²) in [5.74, 6) is 1.14. The standard InChI is InChI=1S/C26H34F2O/c1-2-3-4-17-5-7-18(8-6-17)19-9-11-20(12-10-19)22-15-21-13-14-24(29)26(28)25(21)23(27)16-22/h13-20,29H,2-12H2,1H3. The molecular formula is C26H34F2O. The zero-order chi connectivity index (χ0) is 20.4. The van der Waals surface area contributed by atoms with Crippen molar-refractivity contribution in [1.29, 1.82) is 0 Å². The molecule has 0 heterocycles. The lowest BCUT2D eigenvalue weighted by molar-refractivity contribution is 0.156. The smallest absolute Gasteiger partial charge is 0.175 e. The van der Waals surface area contributed by atoms with Gasteiger partial charge in [-0.2, -0.15) is 0 Å². The lowest BCUT2D eigenvalue weighted by atomic mass is 9.68. The minimum absolute atomic E-state index is 0.0951. The van der Waals surface area contributed by atoms with Crippen molar-refractivity contribution in [3.8, 4) is 5.75 Å². The Hall–Kier alpha value is -1.64. The average Bonchev–Trinajstić information content (AvgIpc) is 2.75. The van der Waals surface area contributed by atoms with Crippen LogP contribution in [0.15, 0.2) is 24.3 Å². The number of halogens is 2. The van der Waals surface area contributed by atoms with Crippen LogP contribution in [0.25, 0.3) is 10.8 Å². The highest BCUT2D eigenvalue weighted by molar-refractivity contribution is 5.86. The number of unbranched alkanes of at least 4 members (excludes halogenated alkanes) is 1. The molecule has 0 aliphatic heterocycles. The van der Waals surface area contributed by atoms with Crippen LogP contribution in [0.5, 0.6) is 5.75 Å². The predicted molar refractivity (Wildman–Crippen MR) is 115 cm³/mol. The van der Waals surface area contributed by atoms with Crippen molar-refractivity contribution in [3.63, 3.8) is 0 Å². The molecule has 2 aromatic rings. The number of fused-ring (bicyclic) bond motifs is 1. The van der Waals surface area contributed by atoms with Gasteiger partial charge >= 0.3 is 0 Å². The van der Waals surface area contributed by atoms with Crippen LogP contribution in [0.2, 0.25) is 0 Å². The van der Waals surface area contributed by atoms with Gasteiger partial charge in [0.15, 0.2) is 11.6 Å². The van der Waals surface area contributed by atoms with Crippen LogP contribution < -0.4 is 0 Å². The quantitative estimate of drug-likeness (QED) is 0.537. The van der Waals surface area contributed by atoms with Crippen molar-refractivity contribution < 1.29 is 13.9 Å². The molecule has 0 radical (unpaired) electrons. The highest BCUT2D eigenvalue weighted by Crippen LogP contribution is 2.45. The first-order valence-electron chi connectivity index (χ1n) is 11.7. The van der Waals surface area contributed by atoms with E-state index in [0.717, 1.165) is 36.2 Å². The maximum absolute atomic E-state index is 14.6. The van der Waals surface area contributed by atoms with Crippen molar-refractivity contribution in [3.05, 3.63) is 41.5 Å². The van der Waals surface area contributed by atoms with Gasteiger partial charge in [0.25, 0.3) is 0 Å². The summed E-state index contributed by atoms with van der Waals surface area (Å²) in [6.45, 7) is 2.28. The van der Waals surface area contributed by atoms with E-state index in [9.17, 15) is 13.9 Å². The summed E-state index contributed by atoms with van der Waals surface area (Å²) in [5, 5.41) is 9.98. The molecule has 0 amide bonds. The van der Waals surface area contributed by atoms with Crippen molar-refractivity contribution in [2.75, 3.05) is 0 Å². The van der Waals surface area contributed by atoms with Crippen molar-refractivity contribution in [2.24, 2.45) is 17.8 Å². The van der Waals surface area contributed by atoms with Gasteiger partial charge in [-0.05, 0) is 85.3 Å². The molecule has 0 atom stereocenters. The lowest BCUT2D eigenvalue weighted by Crippen LogP contribution is -2.25. The Morgan fingerprint density at radius 3 is 2.21 bits per heavy atom. The minimum atomic E-state index is -0.857. The molecule has 158 valence electrons. The van der Waals surface area contributed by atoms with E-state index in [-0.39, 0.29) is 5.39 Å². The Labute approximate surface area is 173 Å². The second kappa shape index (κ2) is 9.02. The fraction of sp³-hybridized carbons (Fsp3) is 0.615. The van der Waals surface area contributed by atoms with Crippen LogP contribution in [0.3, 0.4) is 0 Å². The molecule has 0 aromatic heterocycles. The molecule has 1 nitrogen and oxygen atoms in total. The second-order valence-corrected chi connectivity index (χ2v) is 9.53. The van der Waals surface area contributed by atoms with Gasteiger partial charge in [-0.1, -0.05) is 51.2 Å². The van der Waals surface area contributed by atoms with Gasteiger partial charge in [0.1, 0.15) is 5.82 Å². The Balaban J connectivity index is 1.37. The van der Waals surface area contributed by atoms with Crippen LogP contribution in [0.4, 0.5) is 8.78 Å². The Morgan fingerprint density at radius 1 is 0.897 bits per heavy atom. The fourth-order valence-corrected chi connectivity index (χ4v) is 5.98. The van der Waals surface area contributed by atoms with Crippen molar-refractivity contribution >= 4 is 10.8 Å². The normalized spacial score (nSPS) is 28.0. The summed E-state index contributed by atoms with van der Waals surface area (Å²) in [7, 11) is 0. The molecule has 0 spiro atoms. The molecule has 2 saturated carbocycles. The Bertz CT molecular complexity index is 830. The van der Waals surface area contributed by atoms with Gasteiger partial charge in [0, 0.05) is 0 Å². The third-order valence-electron chi connectivity index (χ3n) is 7.78. The third-order valence-corrected chi connectivity index (χ3v) is 7.78. The first-order chi connectivity index (χ1) is 14.1. The molecule has 4 rings (SSSR count). The highest BCUT2D eigenvalue weighted by atomic mass is 19.1. The first kappa shape index (κ1) is 20.6. The van der Waals surface area contributed by atoms with Crippen molar-refractivity contribution in [2.45, 2.75) is 83.5 Å². The highest BCUT2D eigenvalue weighted by Gasteiger charge is 2.31. The van der Waals surface area contributed by atoms with Crippen LogP contribution in [0.1, 0.15) is 89.0 Å². The van der Waals surface area contributed by atoms with E-state index >= 15 is 0 Å². The number of benzene rings is 2. The van der Waals surface area contributed by atoms with E-state index in [1.54, 1.807) is 6.07 Å². The SMILES string of the molecule is CCCCC1CCC(C2CCC(c3cc(F)c4c(F)c(O)ccc4c3)CC2)CC1. The fourth-order valence-electron chi connectivity index (χ4n) is 5.98. The number of aromatic hydroxyl groups is 1. The van der Waals surface area contributed by atoms with E-state index in [1.807, 2.05) is 6.07 Å². The monoisotopic (exact) mass is 400 g/mol. The molecule has 2 aromatic carbocycles. The van der Waals surface area contributed by atoms with E-state index < -0.39 is 17.4 Å². The van der Waals surface area contributed by atoms with Gasteiger partial charge in [-0.15, -0.1) is 0 Å². The van der Waals surface area contributed by atoms with Crippen LogP contribution >= 0.6 is 0 Å². The molecule has 0 bridgehead atoms. The summed E-state index contributed by atoms with van der Waals surface area (Å²) >= 11 is 0. The molecule has 2 aliphatic carbocycles. The second-order valence-electron chi connectivity index (χ2n) is 9.53. The van der Waals surface area contributed by atoms with Gasteiger partial charge in [0.2, 0.25) is 0 Å². The topological polar surface area (TPSA) is 20.2 Å². The molecule has 1 N–H and O–H groups in total. The molecule has 0 saturated heterocycles. The van der Waals surface area contributed by atoms with Gasteiger partial charge in [-0.25, -0.2) is 8.78 Å². The number of rotatable bonds is 5. The summed E-state index contributed by atoms with van der Waals surface area (Å²) in [4.78, 5) is 0. The zero-order valence-electron chi connectivity index (χ0n) is 17.6. The predicted octanol–water partition coefficient (Wildman–Crippen LogP) is 8.09. The summed E-state index contributed by atoms with van der Waals surface area (Å²) < 4.78 is 28.7. The molecule has 2 fully saturated rings. The van der Waals surface area contributed by atoms with E-state index in [2.05, 4.69) is 6.92 Å². The minimum Gasteiger partial charge on any atom is -0.505 e. The van der Waals surface area contributed by atoms with E-state index in [1.165, 1.54) is 69.9 Å². The molecular weight excluding hydrogens is 366 g/mol. The van der Waals surface area contributed by atoms with Crippen molar-refractivity contribution in [1.82, 2.24) is 0 Å².